The van der Waals surface area contributed by atoms with Crippen molar-refractivity contribution in [3.63, 3.8) is 0 Å². The highest BCUT2D eigenvalue weighted by molar-refractivity contribution is 5.86. The largest absolute Gasteiger partial charge is 0.508 e. The average molecular weight is 572 g/mol. The minimum Gasteiger partial charge on any atom is -0.508 e. The maximum Gasteiger partial charge on any atom is 0.239 e. The molecule has 0 aromatic heterocycles. The zero-order chi connectivity index (χ0) is 29.5. The highest BCUT2D eigenvalue weighted by Crippen LogP contribution is 2.25. The first-order chi connectivity index (χ1) is 20.4. The quantitative estimate of drug-likeness (QED) is 0.493. The molecule has 0 spiro atoms. The number of likely N-dealkylation sites (tertiary alicyclic amines) is 1. The third kappa shape index (κ3) is 7.67. The van der Waals surface area contributed by atoms with Crippen LogP contribution in [0.1, 0.15) is 36.5 Å². The lowest BCUT2D eigenvalue weighted by Gasteiger charge is -2.39. The summed E-state index contributed by atoms with van der Waals surface area (Å²) in [6, 6.07) is 21.5. The summed E-state index contributed by atoms with van der Waals surface area (Å²) in [7, 11) is 0. The zero-order valence-electron chi connectivity index (χ0n) is 23.8. The van der Waals surface area contributed by atoms with Gasteiger partial charge in [-0.3, -0.25) is 14.4 Å². The van der Waals surface area contributed by atoms with E-state index in [0.29, 0.717) is 57.0 Å². The topological polar surface area (TPSA) is 108 Å². The number of fused-ring (bicyclic) bond motifs is 5. The van der Waals surface area contributed by atoms with Crippen LogP contribution in [0.15, 0.2) is 72.8 Å². The van der Waals surface area contributed by atoms with Crippen LogP contribution in [0.2, 0.25) is 0 Å². The summed E-state index contributed by atoms with van der Waals surface area (Å²) < 4.78 is 12.4. The van der Waals surface area contributed by atoms with Crippen molar-refractivity contribution in [1.82, 2.24) is 15.1 Å². The van der Waals surface area contributed by atoms with E-state index in [1.54, 1.807) is 17.0 Å². The molecule has 42 heavy (non-hydrogen) atoms. The van der Waals surface area contributed by atoms with E-state index in [9.17, 15) is 19.5 Å². The van der Waals surface area contributed by atoms with Crippen LogP contribution in [0.5, 0.6) is 17.2 Å². The lowest BCUT2D eigenvalue weighted by molar-refractivity contribution is -0.139. The van der Waals surface area contributed by atoms with Crippen LogP contribution in [-0.2, 0) is 38.6 Å². The second kappa shape index (κ2) is 13.5. The molecule has 0 radical (unpaired) electrons. The van der Waals surface area contributed by atoms with E-state index in [4.69, 9.17) is 9.47 Å². The van der Waals surface area contributed by atoms with Gasteiger partial charge in [-0.1, -0.05) is 36.4 Å². The number of likely N-dealkylation sites (N-methyl/N-ethyl adjacent to an activating group) is 1. The summed E-state index contributed by atoms with van der Waals surface area (Å²) in [5, 5.41) is 12.6. The highest BCUT2D eigenvalue weighted by atomic mass is 16.5. The number of nitrogens with zero attached hydrogens (tertiary/aromatic N) is 2. The van der Waals surface area contributed by atoms with Gasteiger partial charge in [-0.25, -0.2) is 0 Å². The molecule has 3 aromatic carbocycles. The average Bonchev–Trinajstić information content (AvgIpc) is 2.98. The Kier molecular flexibility index (Phi) is 9.38. The van der Waals surface area contributed by atoms with Crippen molar-refractivity contribution in [2.45, 2.75) is 51.4 Å². The molecule has 2 aliphatic heterocycles. The van der Waals surface area contributed by atoms with Gasteiger partial charge in [-0.15, -0.1) is 0 Å². The molecule has 2 N–H and O–H groups in total. The van der Waals surface area contributed by atoms with Crippen molar-refractivity contribution in [1.29, 1.82) is 0 Å². The van der Waals surface area contributed by atoms with E-state index in [-0.39, 0.29) is 42.5 Å². The van der Waals surface area contributed by atoms with Gasteiger partial charge in [-0.05, 0) is 72.9 Å². The van der Waals surface area contributed by atoms with Crippen LogP contribution in [0.4, 0.5) is 0 Å². The summed E-state index contributed by atoms with van der Waals surface area (Å²) in [6.07, 6.45) is 1.28. The van der Waals surface area contributed by atoms with Crippen LogP contribution in [0.25, 0.3) is 0 Å². The van der Waals surface area contributed by atoms with Gasteiger partial charge in [0.2, 0.25) is 17.7 Å². The van der Waals surface area contributed by atoms with Crippen molar-refractivity contribution >= 4 is 17.7 Å². The first-order valence-corrected chi connectivity index (χ1v) is 14.5. The SMILES string of the molecule is CCN1CC(=O)N[C@H]2CN(C(=O)CCc3ccc(O)cc3)CC[C@@H]2OCc2cccc(c2)Oc2cccc(c2)CC1=O. The van der Waals surface area contributed by atoms with Crippen molar-refractivity contribution in [2.24, 2.45) is 0 Å². The molecular formula is C33H37N3O6. The van der Waals surface area contributed by atoms with Gasteiger partial charge in [-0.2, -0.15) is 0 Å². The molecule has 9 nitrogen and oxygen atoms in total. The molecule has 2 aliphatic rings. The highest BCUT2D eigenvalue weighted by Gasteiger charge is 2.33. The van der Waals surface area contributed by atoms with Gasteiger partial charge in [0.05, 0.1) is 31.7 Å². The van der Waals surface area contributed by atoms with E-state index < -0.39 is 6.04 Å². The molecule has 3 amide bonds. The second-order valence-electron chi connectivity index (χ2n) is 10.8. The Morgan fingerprint density at radius 1 is 1.00 bits per heavy atom. The molecule has 1 saturated heterocycles. The number of phenolic OH excluding ortho intramolecular Hbond substituents is 1. The molecule has 3 aromatic rings. The zero-order valence-corrected chi connectivity index (χ0v) is 23.8. The fraction of sp³-hybridized carbons (Fsp3) is 0.364. The molecule has 1 fully saturated rings. The fourth-order valence-corrected chi connectivity index (χ4v) is 5.41. The van der Waals surface area contributed by atoms with Crippen LogP contribution in [0.3, 0.4) is 0 Å². The third-order valence-electron chi connectivity index (χ3n) is 7.73. The van der Waals surface area contributed by atoms with E-state index in [2.05, 4.69) is 5.32 Å². The number of aryl methyl sites for hydroxylation is 1. The molecule has 220 valence electrons. The summed E-state index contributed by atoms with van der Waals surface area (Å²) in [5.74, 6) is 1.04. The first kappa shape index (κ1) is 29.1. The molecule has 4 bridgehead atoms. The van der Waals surface area contributed by atoms with Crippen LogP contribution in [0, 0.1) is 0 Å². The fourth-order valence-electron chi connectivity index (χ4n) is 5.41. The number of rotatable bonds is 4. The van der Waals surface area contributed by atoms with E-state index in [1.807, 2.05) is 67.6 Å². The molecule has 0 unspecified atom stereocenters. The molecule has 2 atom stereocenters. The van der Waals surface area contributed by atoms with E-state index in [0.717, 1.165) is 16.7 Å². The number of benzene rings is 3. The molecule has 2 heterocycles. The maximum atomic E-state index is 13.2. The summed E-state index contributed by atoms with van der Waals surface area (Å²) >= 11 is 0. The Morgan fingerprint density at radius 3 is 2.45 bits per heavy atom. The summed E-state index contributed by atoms with van der Waals surface area (Å²) in [5.41, 5.74) is 2.70. The number of carbonyl (C=O) groups is 3. The normalized spacial score (nSPS) is 19.7. The lowest BCUT2D eigenvalue weighted by Crippen LogP contribution is -2.58. The molecule has 5 rings (SSSR count). The Morgan fingerprint density at radius 2 is 1.71 bits per heavy atom. The predicted octanol–water partition coefficient (Wildman–Crippen LogP) is 3.82. The number of ether oxygens (including phenoxy) is 2. The van der Waals surface area contributed by atoms with E-state index in [1.165, 1.54) is 4.90 Å². The minimum atomic E-state index is -0.428. The van der Waals surface area contributed by atoms with Gasteiger partial charge in [0.25, 0.3) is 0 Å². The molecular weight excluding hydrogens is 534 g/mol. The monoisotopic (exact) mass is 571 g/mol. The number of carbonyl (C=O) groups excluding carboxylic acids is 3. The van der Waals surface area contributed by atoms with Crippen molar-refractivity contribution in [2.75, 3.05) is 26.2 Å². The van der Waals surface area contributed by atoms with Crippen molar-refractivity contribution in [3.8, 4) is 17.2 Å². The van der Waals surface area contributed by atoms with Crippen molar-refractivity contribution in [3.05, 3.63) is 89.5 Å². The number of amides is 3. The van der Waals surface area contributed by atoms with Crippen molar-refractivity contribution < 1.29 is 29.0 Å². The summed E-state index contributed by atoms with van der Waals surface area (Å²) in [4.78, 5) is 42.8. The lowest BCUT2D eigenvalue weighted by atomic mass is 10.0. The van der Waals surface area contributed by atoms with Gasteiger partial charge in [0.15, 0.2) is 0 Å². The predicted molar refractivity (Wildman–Crippen MR) is 157 cm³/mol. The third-order valence-corrected chi connectivity index (χ3v) is 7.73. The number of hydrogen-bond donors (Lipinski definition) is 2. The molecule has 9 heteroatoms. The Labute approximate surface area is 246 Å². The number of piperidine rings is 1. The molecule has 0 saturated carbocycles. The smallest absolute Gasteiger partial charge is 0.239 e. The Bertz CT molecular complexity index is 1410. The number of phenols is 1. The number of nitrogens with one attached hydrogen (secondary N) is 1. The second-order valence-corrected chi connectivity index (χ2v) is 10.8. The molecule has 0 aliphatic carbocycles. The van der Waals surface area contributed by atoms with Gasteiger partial charge in [0, 0.05) is 26.1 Å². The standard InChI is InChI=1S/C33H37N3O6/c1-2-35-21-31(38)34-29-20-36(32(39)14-11-23-9-12-26(37)13-10-23)16-15-30(29)41-22-25-6-4-8-28(18-25)42-27-7-3-5-24(17-27)19-33(35)40/h3-10,12-13,17-18,29-30,37H,2,11,14-16,19-22H2,1H3,(H,34,38)/t29-,30-/m0/s1. The number of hydrogen-bond acceptors (Lipinski definition) is 6. The Balaban J connectivity index is 1.32. The van der Waals surface area contributed by atoms with Gasteiger partial charge >= 0.3 is 0 Å². The number of aromatic hydroxyl groups is 1. The van der Waals surface area contributed by atoms with Gasteiger partial charge < -0.3 is 29.7 Å². The van der Waals surface area contributed by atoms with Gasteiger partial charge in [0.1, 0.15) is 17.2 Å². The minimum absolute atomic E-state index is 0.00358. The van der Waals surface area contributed by atoms with Crippen LogP contribution in [-0.4, -0.2) is 71.0 Å². The van der Waals surface area contributed by atoms with Crippen LogP contribution < -0.4 is 10.1 Å². The Hall–Kier alpha value is -4.37. The maximum absolute atomic E-state index is 13.2. The van der Waals surface area contributed by atoms with E-state index >= 15 is 0 Å². The summed E-state index contributed by atoms with van der Waals surface area (Å²) in [6.45, 7) is 3.32. The van der Waals surface area contributed by atoms with Crippen LogP contribution >= 0.6 is 0 Å². The first-order valence-electron chi connectivity index (χ1n) is 14.5.